The highest BCUT2D eigenvalue weighted by atomic mass is 16.5. The van der Waals surface area contributed by atoms with Crippen molar-refractivity contribution < 1.29 is 9.53 Å². The van der Waals surface area contributed by atoms with Gasteiger partial charge in [0.05, 0.1) is 7.11 Å². The standard InChI is InChI=1S/C13H27NO2/c1-5-8-9-11(6-2)10-14-12(7-3)13(15)16-4/h11-12,14H,5-10H2,1-4H3. The van der Waals surface area contributed by atoms with Gasteiger partial charge < -0.3 is 10.1 Å². The maximum Gasteiger partial charge on any atom is 0.322 e. The fraction of sp³-hybridized carbons (Fsp3) is 0.923. The number of methoxy groups -OCH3 is 1. The summed E-state index contributed by atoms with van der Waals surface area (Å²) in [5.74, 6) is 0.534. The topological polar surface area (TPSA) is 38.3 Å². The molecule has 0 saturated carbocycles. The molecule has 0 radical (unpaired) electrons. The van der Waals surface area contributed by atoms with Gasteiger partial charge in [-0.1, -0.05) is 40.0 Å². The van der Waals surface area contributed by atoms with Crippen LogP contribution >= 0.6 is 0 Å². The molecule has 3 heteroatoms. The number of hydrogen-bond acceptors (Lipinski definition) is 3. The minimum absolute atomic E-state index is 0.138. The van der Waals surface area contributed by atoms with Crippen LogP contribution in [0, 0.1) is 5.92 Å². The van der Waals surface area contributed by atoms with Crippen molar-refractivity contribution >= 4 is 5.97 Å². The zero-order valence-electron chi connectivity index (χ0n) is 11.2. The Hall–Kier alpha value is -0.570. The Bertz CT molecular complexity index is 183. The summed E-state index contributed by atoms with van der Waals surface area (Å²) in [6.45, 7) is 7.34. The lowest BCUT2D eigenvalue weighted by Gasteiger charge is -2.19. The van der Waals surface area contributed by atoms with E-state index in [1.165, 1.54) is 32.8 Å². The van der Waals surface area contributed by atoms with Crippen molar-refractivity contribution in [1.29, 1.82) is 0 Å². The van der Waals surface area contributed by atoms with Crippen molar-refractivity contribution in [2.75, 3.05) is 13.7 Å². The highest BCUT2D eigenvalue weighted by molar-refractivity contribution is 5.75. The molecular weight excluding hydrogens is 202 g/mol. The number of carbonyl (C=O) groups excluding carboxylic acids is 1. The molecular formula is C13H27NO2. The fourth-order valence-electron chi connectivity index (χ4n) is 1.79. The molecule has 0 aromatic heterocycles. The van der Waals surface area contributed by atoms with Crippen LogP contribution in [0.1, 0.15) is 52.9 Å². The molecule has 0 rings (SSSR count). The average molecular weight is 229 g/mol. The van der Waals surface area contributed by atoms with E-state index in [-0.39, 0.29) is 12.0 Å². The third-order valence-electron chi connectivity index (χ3n) is 3.09. The quantitative estimate of drug-likeness (QED) is 0.618. The van der Waals surface area contributed by atoms with Crippen LogP contribution in [0.4, 0.5) is 0 Å². The molecule has 2 unspecified atom stereocenters. The third kappa shape index (κ3) is 6.11. The second kappa shape index (κ2) is 9.64. The maximum absolute atomic E-state index is 11.4. The Kier molecular flexibility index (Phi) is 9.30. The summed E-state index contributed by atoms with van der Waals surface area (Å²) < 4.78 is 4.75. The van der Waals surface area contributed by atoms with Gasteiger partial charge in [-0.05, 0) is 25.3 Å². The monoisotopic (exact) mass is 229 g/mol. The Labute approximate surface area is 99.9 Å². The van der Waals surface area contributed by atoms with E-state index in [0.29, 0.717) is 5.92 Å². The summed E-state index contributed by atoms with van der Waals surface area (Å²) in [5, 5.41) is 3.31. The van der Waals surface area contributed by atoms with Crippen molar-refractivity contribution in [3.63, 3.8) is 0 Å². The van der Waals surface area contributed by atoms with Crippen molar-refractivity contribution in [2.45, 2.75) is 58.9 Å². The van der Waals surface area contributed by atoms with Crippen LogP contribution < -0.4 is 5.32 Å². The largest absolute Gasteiger partial charge is 0.468 e. The molecule has 3 nitrogen and oxygen atoms in total. The van der Waals surface area contributed by atoms with Gasteiger partial charge in [-0.15, -0.1) is 0 Å². The van der Waals surface area contributed by atoms with Crippen molar-refractivity contribution in [2.24, 2.45) is 5.92 Å². The van der Waals surface area contributed by atoms with Crippen molar-refractivity contribution in [3.8, 4) is 0 Å². The van der Waals surface area contributed by atoms with E-state index in [4.69, 9.17) is 4.74 Å². The van der Waals surface area contributed by atoms with Gasteiger partial charge in [-0.3, -0.25) is 4.79 Å². The second-order valence-corrected chi connectivity index (χ2v) is 4.31. The molecule has 0 amide bonds. The van der Waals surface area contributed by atoms with Crippen LogP contribution in [0.15, 0.2) is 0 Å². The first-order valence-electron chi connectivity index (χ1n) is 6.50. The predicted octanol–water partition coefficient (Wildman–Crippen LogP) is 2.74. The van der Waals surface area contributed by atoms with E-state index < -0.39 is 0 Å². The van der Waals surface area contributed by atoms with Crippen molar-refractivity contribution in [3.05, 3.63) is 0 Å². The first kappa shape index (κ1) is 15.4. The van der Waals surface area contributed by atoms with Crippen LogP contribution in [0.2, 0.25) is 0 Å². The molecule has 1 N–H and O–H groups in total. The maximum atomic E-state index is 11.4. The van der Waals surface area contributed by atoms with Crippen LogP contribution in [0.5, 0.6) is 0 Å². The van der Waals surface area contributed by atoms with Gasteiger partial charge in [0.1, 0.15) is 6.04 Å². The SMILES string of the molecule is CCCCC(CC)CNC(CC)C(=O)OC. The number of nitrogens with one attached hydrogen (secondary N) is 1. The normalized spacial score (nSPS) is 14.5. The number of rotatable bonds is 9. The third-order valence-corrected chi connectivity index (χ3v) is 3.09. The van der Waals surface area contributed by atoms with E-state index in [0.717, 1.165) is 13.0 Å². The number of hydrogen-bond donors (Lipinski definition) is 1. The highest BCUT2D eigenvalue weighted by Gasteiger charge is 2.17. The minimum Gasteiger partial charge on any atom is -0.468 e. The summed E-state index contributed by atoms with van der Waals surface area (Å²) in [7, 11) is 1.45. The van der Waals surface area contributed by atoms with Gasteiger partial charge in [0.2, 0.25) is 0 Å². The zero-order chi connectivity index (χ0) is 12.4. The number of esters is 1. The lowest BCUT2D eigenvalue weighted by molar-refractivity contribution is -0.143. The number of carbonyl (C=O) groups is 1. The van der Waals surface area contributed by atoms with Crippen LogP contribution in [-0.4, -0.2) is 25.7 Å². The molecule has 0 aromatic rings. The Balaban J connectivity index is 3.92. The van der Waals surface area contributed by atoms with Gasteiger partial charge in [0.25, 0.3) is 0 Å². The molecule has 0 bridgehead atoms. The molecule has 0 spiro atoms. The van der Waals surface area contributed by atoms with E-state index in [1.54, 1.807) is 0 Å². The molecule has 0 heterocycles. The van der Waals surface area contributed by atoms with Gasteiger partial charge in [0, 0.05) is 0 Å². The molecule has 0 aromatic carbocycles. The summed E-state index contributed by atoms with van der Waals surface area (Å²) in [6, 6.07) is -0.138. The molecule has 2 atom stereocenters. The van der Waals surface area contributed by atoms with Gasteiger partial charge in [-0.25, -0.2) is 0 Å². The lowest BCUT2D eigenvalue weighted by atomic mass is 9.99. The molecule has 0 fully saturated rings. The van der Waals surface area contributed by atoms with Crippen LogP contribution in [0.3, 0.4) is 0 Å². The molecule has 16 heavy (non-hydrogen) atoms. The average Bonchev–Trinajstić information content (AvgIpc) is 2.33. The number of unbranched alkanes of at least 4 members (excludes halogenated alkanes) is 1. The first-order chi connectivity index (χ1) is 7.69. The fourth-order valence-corrected chi connectivity index (χ4v) is 1.79. The van der Waals surface area contributed by atoms with Gasteiger partial charge >= 0.3 is 5.97 Å². The summed E-state index contributed by atoms with van der Waals surface area (Å²) >= 11 is 0. The Morgan fingerprint density at radius 3 is 2.38 bits per heavy atom. The summed E-state index contributed by atoms with van der Waals surface area (Å²) in [5.41, 5.74) is 0. The van der Waals surface area contributed by atoms with E-state index in [1.807, 2.05) is 6.92 Å². The molecule has 0 aliphatic carbocycles. The molecule has 0 aliphatic rings. The molecule has 0 aliphatic heterocycles. The van der Waals surface area contributed by atoms with Gasteiger partial charge in [-0.2, -0.15) is 0 Å². The van der Waals surface area contributed by atoms with Gasteiger partial charge in [0.15, 0.2) is 0 Å². The lowest BCUT2D eigenvalue weighted by Crippen LogP contribution is -2.39. The van der Waals surface area contributed by atoms with E-state index in [9.17, 15) is 4.79 Å². The minimum atomic E-state index is -0.146. The van der Waals surface area contributed by atoms with E-state index in [2.05, 4.69) is 19.2 Å². The highest BCUT2D eigenvalue weighted by Crippen LogP contribution is 2.11. The predicted molar refractivity (Wildman–Crippen MR) is 67.4 cm³/mol. The smallest absolute Gasteiger partial charge is 0.322 e. The summed E-state index contributed by atoms with van der Waals surface area (Å²) in [4.78, 5) is 11.4. The van der Waals surface area contributed by atoms with E-state index >= 15 is 0 Å². The van der Waals surface area contributed by atoms with Crippen LogP contribution in [0.25, 0.3) is 0 Å². The Morgan fingerprint density at radius 1 is 1.25 bits per heavy atom. The first-order valence-corrected chi connectivity index (χ1v) is 6.50. The van der Waals surface area contributed by atoms with Crippen LogP contribution in [-0.2, 0) is 9.53 Å². The molecule has 0 saturated heterocycles. The number of ether oxygens (including phenoxy) is 1. The zero-order valence-corrected chi connectivity index (χ0v) is 11.2. The Morgan fingerprint density at radius 2 is 1.94 bits per heavy atom. The molecule has 96 valence electrons. The van der Waals surface area contributed by atoms with Crippen molar-refractivity contribution in [1.82, 2.24) is 5.32 Å². The second-order valence-electron chi connectivity index (χ2n) is 4.31. The summed E-state index contributed by atoms with van der Waals surface area (Å²) in [6.07, 6.45) is 5.72.